The minimum Gasteiger partial charge on any atom is -0.493 e. The van der Waals surface area contributed by atoms with Crippen molar-refractivity contribution in [2.45, 2.75) is 83.5 Å². The summed E-state index contributed by atoms with van der Waals surface area (Å²) >= 11 is 6.90. The molecule has 3 aliphatic rings. The van der Waals surface area contributed by atoms with Crippen molar-refractivity contribution in [3.8, 4) is 40.5 Å². The van der Waals surface area contributed by atoms with Crippen molar-refractivity contribution < 1.29 is 27.8 Å². The normalized spacial score (nSPS) is 17.4. The summed E-state index contributed by atoms with van der Waals surface area (Å²) in [7, 11) is 0. The van der Waals surface area contributed by atoms with Gasteiger partial charge in [0.2, 0.25) is 11.8 Å². The maximum absolute atomic E-state index is 13.4. The Morgan fingerprint density at radius 1 is 0.948 bits per heavy atom. The molecule has 302 valence electrons. The van der Waals surface area contributed by atoms with E-state index >= 15 is 0 Å². The number of alkyl halides is 2. The molecule has 1 heterocycles. The van der Waals surface area contributed by atoms with Crippen LogP contribution in [-0.2, 0) is 24.4 Å². The maximum atomic E-state index is 13.4. The molecule has 2 fully saturated rings. The lowest BCUT2D eigenvalue weighted by atomic mass is 9.61. The third-order valence-corrected chi connectivity index (χ3v) is 11.7. The third kappa shape index (κ3) is 9.56. The van der Waals surface area contributed by atoms with Crippen LogP contribution in [-0.4, -0.2) is 49.5 Å². The van der Waals surface area contributed by atoms with Crippen LogP contribution in [0.15, 0.2) is 66.7 Å². The molecule has 3 N–H and O–H groups in total. The van der Waals surface area contributed by atoms with Crippen LogP contribution in [0.3, 0.4) is 0 Å². The number of nitriles is 2. The number of unbranched alkanes of at least 4 members (excludes halogenated alkanes) is 1. The second-order valence-corrected chi connectivity index (χ2v) is 16.4. The topological polar surface area (TPSA) is 134 Å². The predicted octanol–water partition coefficient (Wildman–Crippen LogP) is 8.95. The molecule has 1 saturated heterocycles. The number of rotatable bonds is 18. The van der Waals surface area contributed by atoms with Crippen molar-refractivity contribution in [2.75, 3.05) is 32.8 Å². The molecule has 0 bridgehead atoms. The zero-order valence-corrected chi connectivity index (χ0v) is 33.5. The number of nitrogens with zero attached hydrogens (tertiary/aromatic N) is 3. The SMILES string of the molecule is Cc1c(OCCCN2CC3(C2)CC(F)(F)C3)cccc1-c1cccc2c1CC[C@@H]2Oc1cc(OCc2cc(C#N)cc(C#N)c2)c(CNCCCCC(N)=O)cc1Cl. The summed E-state index contributed by atoms with van der Waals surface area (Å²) < 4.78 is 46.1. The highest BCUT2D eigenvalue weighted by molar-refractivity contribution is 6.32. The molecule has 0 radical (unpaired) electrons. The van der Waals surface area contributed by atoms with Crippen LogP contribution >= 0.6 is 11.6 Å². The number of nitrogens with two attached hydrogens (primary N) is 1. The molecule has 0 aromatic heterocycles. The van der Waals surface area contributed by atoms with Crippen LogP contribution in [0.4, 0.5) is 8.78 Å². The van der Waals surface area contributed by atoms with E-state index in [1.807, 2.05) is 24.3 Å². The van der Waals surface area contributed by atoms with E-state index in [0.29, 0.717) is 65.8 Å². The summed E-state index contributed by atoms with van der Waals surface area (Å²) in [5.41, 5.74) is 13.0. The predicted molar refractivity (Wildman–Crippen MR) is 218 cm³/mol. The van der Waals surface area contributed by atoms with Gasteiger partial charge in [-0.05, 0) is 109 Å². The molecule has 0 unspecified atom stereocenters. The average Bonchev–Trinajstić information content (AvgIpc) is 3.59. The lowest BCUT2D eigenvalue weighted by molar-refractivity contribution is -0.213. The van der Waals surface area contributed by atoms with Gasteiger partial charge in [0.1, 0.15) is 30.0 Å². The van der Waals surface area contributed by atoms with Crippen LogP contribution in [0.1, 0.15) is 90.0 Å². The second kappa shape index (κ2) is 17.7. The molecule has 1 spiro atoms. The number of nitrogens with one attached hydrogen (secondary N) is 1. The first-order chi connectivity index (χ1) is 27.9. The molecule has 7 rings (SSSR count). The van der Waals surface area contributed by atoms with Gasteiger partial charge in [0.25, 0.3) is 0 Å². The number of carbonyl (C=O) groups excluding carboxylic acids is 1. The first-order valence-electron chi connectivity index (χ1n) is 19.9. The Balaban J connectivity index is 1.03. The fourth-order valence-corrected chi connectivity index (χ4v) is 9.01. The van der Waals surface area contributed by atoms with Gasteiger partial charge in [-0.2, -0.15) is 10.5 Å². The van der Waals surface area contributed by atoms with E-state index in [-0.39, 0.29) is 36.9 Å². The van der Waals surface area contributed by atoms with Gasteiger partial charge in [-0.3, -0.25) is 4.79 Å². The summed E-state index contributed by atoms with van der Waals surface area (Å²) in [6.07, 6.45) is 4.03. The number of hydrogen-bond acceptors (Lipinski definition) is 8. The molecular weight excluding hydrogens is 760 g/mol. The number of carbonyl (C=O) groups is 1. The zero-order chi connectivity index (χ0) is 40.9. The summed E-state index contributed by atoms with van der Waals surface area (Å²) in [5, 5.41) is 22.8. The van der Waals surface area contributed by atoms with Gasteiger partial charge in [-0.25, -0.2) is 8.78 Å². The number of halogens is 3. The van der Waals surface area contributed by atoms with Crippen LogP contribution in [0, 0.1) is 35.0 Å². The van der Waals surface area contributed by atoms with E-state index in [0.717, 1.165) is 78.9 Å². The van der Waals surface area contributed by atoms with Gasteiger partial charge >= 0.3 is 0 Å². The molecular formula is C46H48ClF2N5O4. The Hall–Kier alpha value is -5.20. The molecule has 1 amide bonds. The molecule has 12 heteroatoms. The second-order valence-electron chi connectivity index (χ2n) is 16.0. The van der Waals surface area contributed by atoms with E-state index < -0.39 is 5.92 Å². The molecule has 1 atom stereocenters. The number of fused-ring (bicyclic) bond motifs is 1. The number of benzene rings is 4. The van der Waals surface area contributed by atoms with Crippen LogP contribution in [0.2, 0.25) is 5.02 Å². The Labute approximate surface area is 343 Å². The Morgan fingerprint density at radius 3 is 2.41 bits per heavy atom. The highest BCUT2D eigenvalue weighted by Gasteiger charge is 2.61. The minimum atomic E-state index is -2.47. The van der Waals surface area contributed by atoms with Crippen molar-refractivity contribution in [1.29, 1.82) is 10.5 Å². The van der Waals surface area contributed by atoms with Crippen molar-refractivity contribution in [3.05, 3.63) is 111 Å². The monoisotopic (exact) mass is 807 g/mol. The van der Waals surface area contributed by atoms with Gasteiger partial charge in [0.05, 0.1) is 34.9 Å². The Bertz CT molecular complexity index is 2200. The summed E-state index contributed by atoms with van der Waals surface area (Å²) in [5.74, 6) is -0.912. The molecule has 1 saturated carbocycles. The number of amides is 1. The number of primary amides is 1. The third-order valence-electron chi connectivity index (χ3n) is 11.4. The first kappa shape index (κ1) is 41.0. The summed E-state index contributed by atoms with van der Waals surface area (Å²) in [6.45, 7) is 6.24. The quantitative estimate of drug-likeness (QED) is 0.0953. The Morgan fingerprint density at radius 2 is 1.69 bits per heavy atom. The van der Waals surface area contributed by atoms with E-state index in [1.54, 1.807) is 18.2 Å². The molecule has 1 aliphatic heterocycles. The van der Waals surface area contributed by atoms with Crippen LogP contribution < -0.4 is 25.3 Å². The van der Waals surface area contributed by atoms with Crippen molar-refractivity contribution in [2.24, 2.45) is 11.1 Å². The van der Waals surface area contributed by atoms with E-state index in [9.17, 15) is 24.1 Å². The van der Waals surface area contributed by atoms with Crippen molar-refractivity contribution in [3.63, 3.8) is 0 Å². The summed E-state index contributed by atoms with van der Waals surface area (Å²) in [4.78, 5) is 13.4. The van der Waals surface area contributed by atoms with Crippen molar-refractivity contribution >= 4 is 17.5 Å². The summed E-state index contributed by atoms with van der Waals surface area (Å²) in [6, 6.07) is 25.2. The molecule has 4 aromatic carbocycles. The van der Waals surface area contributed by atoms with Crippen LogP contribution in [0.25, 0.3) is 11.1 Å². The fraction of sp³-hybridized carbons (Fsp3) is 0.413. The van der Waals surface area contributed by atoms with Gasteiger partial charge in [-0.1, -0.05) is 41.9 Å². The molecule has 4 aromatic rings. The number of hydrogen-bond donors (Lipinski definition) is 2. The Kier molecular flexibility index (Phi) is 12.5. The number of ether oxygens (including phenoxy) is 3. The van der Waals surface area contributed by atoms with Gasteiger partial charge in [-0.15, -0.1) is 0 Å². The highest BCUT2D eigenvalue weighted by Crippen LogP contribution is 2.56. The standard InChI is InChI=1S/C46H48ClF2N5O4/c1-30-35(7-5-10-40(30)56-16-6-15-54-28-45(29-54)26-46(48,49)27-45)36-8-4-9-38-37(36)12-13-41(38)58-43-21-42(57-25-33-18-31(22-50)17-32(19-33)23-51)34(20-39(43)47)24-53-14-3-2-11-44(52)55/h4-5,7-10,17-21,41,53H,2-3,6,11-16,24-29H2,1H3,(H2,52,55)/t41-/m0/s1. The first-order valence-corrected chi connectivity index (χ1v) is 20.3. The molecule has 58 heavy (non-hydrogen) atoms. The minimum absolute atomic E-state index is 0.0287. The fourth-order valence-electron chi connectivity index (χ4n) is 8.78. The smallest absolute Gasteiger partial charge is 0.249 e. The van der Waals surface area contributed by atoms with E-state index in [2.05, 4.69) is 53.5 Å². The zero-order valence-electron chi connectivity index (χ0n) is 32.7. The van der Waals surface area contributed by atoms with E-state index in [1.165, 1.54) is 5.56 Å². The highest BCUT2D eigenvalue weighted by atomic mass is 35.5. The van der Waals surface area contributed by atoms with Gasteiger partial charge in [0.15, 0.2) is 0 Å². The van der Waals surface area contributed by atoms with E-state index in [4.69, 9.17) is 31.5 Å². The maximum Gasteiger partial charge on any atom is 0.249 e. The molecule has 2 aliphatic carbocycles. The lowest BCUT2D eigenvalue weighted by Crippen LogP contribution is -2.65. The lowest BCUT2D eigenvalue weighted by Gasteiger charge is -2.58. The largest absolute Gasteiger partial charge is 0.493 e. The molecule has 9 nitrogen and oxygen atoms in total. The van der Waals surface area contributed by atoms with Gasteiger partial charge in [0, 0.05) is 62.5 Å². The van der Waals surface area contributed by atoms with Crippen molar-refractivity contribution in [1.82, 2.24) is 10.2 Å². The number of likely N-dealkylation sites (tertiary alicyclic amines) is 1. The average molecular weight is 808 g/mol. The van der Waals surface area contributed by atoms with Crippen LogP contribution in [0.5, 0.6) is 17.2 Å². The van der Waals surface area contributed by atoms with Gasteiger partial charge < -0.3 is 30.2 Å².